The Morgan fingerprint density at radius 3 is 2.67 bits per heavy atom. The number of carbonyl (C=O) groups is 1. The molecule has 2 rings (SSSR count). The summed E-state index contributed by atoms with van der Waals surface area (Å²) in [6.45, 7) is 2.11. The Kier molecular flexibility index (Phi) is 2.53. The van der Waals surface area contributed by atoms with Crippen LogP contribution in [0.15, 0.2) is 12.4 Å². The normalized spacial score (nSPS) is 23.3. The molecule has 0 aromatic carbocycles. The van der Waals surface area contributed by atoms with Crippen molar-refractivity contribution < 1.29 is 4.79 Å². The monoisotopic (exact) mass is 206 g/mol. The maximum absolute atomic E-state index is 11.6. The fourth-order valence-corrected chi connectivity index (χ4v) is 1.34. The largest absolute Gasteiger partial charge is 0.372 e. The quantitative estimate of drug-likeness (QED) is 0.762. The second kappa shape index (κ2) is 3.84. The molecule has 1 aromatic heterocycles. The van der Waals surface area contributed by atoms with Crippen molar-refractivity contribution in [1.82, 2.24) is 15.3 Å². The molecule has 5 nitrogen and oxygen atoms in total. The van der Waals surface area contributed by atoms with E-state index in [1.54, 1.807) is 13.2 Å². The number of carbonyl (C=O) groups excluding carboxylic acids is 1. The van der Waals surface area contributed by atoms with Gasteiger partial charge in [-0.3, -0.25) is 4.79 Å². The van der Waals surface area contributed by atoms with Crippen LogP contribution < -0.4 is 10.6 Å². The van der Waals surface area contributed by atoms with Crippen LogP contribution in [-0.2, 0) is 0 Å². The summed E-state index contributed by atoms with van der Waals surface area (Å²) in [7, 11) is 1.76. The van der Waals surface area contributed by atoms with Gasteiger partial charge in [-0.2, -0.15) is 0 Å². The van der Waals surface area contributed by atoms with Gasteiger partial charge in [0.25, 0.3) is 5.91 Å². The summed E-state index contributed by atoms with van der Waals surface area (Å²) in [5.74, 6) is 1.12. The molecule has 0 radical (unpaired) electrons. The molecular formula is C10H14N4O. The number of rotatable bonds is 3. The number of amides is 1. The molecule has 0 spiro atoms. The van der Waals surface area contributed by atoms with Gasteiger partial charge in [-0.15, -0.1) is 0 Å². The Balaban J connectivity index is 1.99. The summed E-state index contributed by atoms with van der Waals surface area (Å²) in [5, 5.41) is 5.74. The molecule has 80 valence electrons. The summed E-state index contributed by atoms with van der Waals surface area (Å²) < 4.78 is 0. The van der Waals surface area contributed by atoms with Crippen LogP contribution in [0.1, 0.15) is 23.8 Å². The van der Waals surface area contributed by atoms with Gasteiger partial charge in [0.15, 0.2) is 0 Å². The van der Waals surface area contributed by atoms with Gasteiger partial charge in [0.05, 0.1) is 12.4 Å². The van der Waals surface area contributed by atoms with Crippen LogP contribution in [0.2, 0.25) is 0 Å². The van der Waals surface area contributed by atoms with Crippen LogP contribution in [0.4, 0.5) is 5.82 Å². The Hall–Kier alpha value is -1.65. The van der Waals surface area contributed by atoms with Gasteiger partial charge >= 0.3 is 0 Å². The number of hydrogen-bond donors (Lipinski definition) is 2. The molecule has 1 saturated carbocycles. The highest BCUT2D eigenvalue weighted by Gasteiger charge is 2.34. The zero-order valence-corrected chi connectivity index (χ0v) is 8.82. The zero-order valence-electron chi connectivity index (χ0n) is 8.82. The molecule has 0 bridgehead atoms. The van der Waals surface area contributed by atoms with Crippen LogP contribution in [0.5, 0.6) is 0 Å². The SMILES string of the molecule is CNc1cnc(C(=O)NC2CC2C)cn1. The third kappa shape index (κ3) is 2.23. The number of hydrogen-bond acceptors (Lipinski definition) is 4. The summed E-state index contributed by atoms with van der Waals surface area (Å²) in [6.07, 6.45) is 4.09. The molecule has 2 atom stereocenters. The maximum Gasteiger partial charge on any atom is 0.271 e. The van der Waals surface area contributed by atoms with Crippen molar-refractivity contribution in [2.75, 3.05) is 12.4 Å². The number of nitrogens with zero attached hydrogens (tertiary/aromatic N) is 2. The second-order valence-electron chi connectivity index (χ2n) is 3.83. The van der Waals surface area contributed by atoms with E-state index in [0.29, 0.717) is 23.5 Å². The topological polar surface area (TPSA) is 66.9 Å². The van der Waals surface area contributed by atoms with Crippen LogP contribution in [-0.4, -0.2) is 29.0 Å². The molecule has 1 aromatic rings. The molecule has 2 unspecified atom stereocenters. The molecule has 0 aliphatic heterocycles. The van der Waals surface area contributed by atoms with Gasteiger partial charge in [-0.25, -0.2) is 9.97 Å². The molecule has 15 heavy (non-hydrogen) atoms. The molecule has 2 N–H and O–H groups in total. The number of aromatic nitrogens is 2. The molecule has 0 saturated heterocycles. The zero-order chi connectivity index (χ0) is 10.8. The van der Waals surface area contributed by atoms with Crippen molar-refractivity contribution in [3.05, 3.63) is 18.1 Å². The van der Waals surface area contributed by atoms with E-state index in [4.69, 9.17) is 0 Å². The minimum Gasteiger partial charge on any atom is -0.372 e. The predicted octanol–water partition coefficient (Wildman–Crippen LogP) is 0.656. The van der Waals surface area contributed by atoms with E-state index in [1.807, 2.05) is 0 Å². The van der Waals surface area contributed by atoms with Gasteiger partial charge in [-0.1, -0.05) is 6.92 Å². The first kappa shape index (κ1) is 9.89. The first-order valence-corrected chi connectivity index (χ1v) is 5.01. The molecule has 1 amide bonds. The highest BCUT2D eigenvalue weighted by Crippen LogP contribution is 2.29. The van der Waals surface area contributed by atoms with E-state index in [-0.39, 0.29) is 5.91 Å². The number of nitrogens with one attached hydrogen (secondary N) is 2. The average Bonchev–Trinajstić information content (AvgIpc) is 2.94. The minimum absolute atomic E-state index is 0.139. The molecule has 1 fully saturated rings. The molecule has 1 aliphatic carbocycles. The van der Waals surface area contributed by atoms with Gasteiger partial charge in [0.2, 0.25) is 0 Å². The Morgan fingerprint density at radius 2 is 2.20 bits per heavy atom. The van der Waals surface area contributed by atoms with Gasteiger partial charge < -0.3 is 10.6 Å². The standard InChI is InChI=1S/C10H14N4O/c1-6-3-7(6)14-10(15)8-4-13-9(11-2)5-12-8/h4-7H,3H2,1-2H3,(H,11,13)(H,14,15). The lowest BCUT2D eigenvalue weighted by atomic mass is 10.4. The predicted molar refractivity (Wildman–Crippen MR) is 56.6 cm³/mol. The fraction of sp³-hybridized carbons (Fsp3) is 0.500. The van der Waals surface area contributed by atoms with E-state index in [0.717, 1.165) is 6.42 Å². The average molecular weight is 206 g/mol. The lowest BCUT2D eigenvalue weighted by Gasteiger charge is -2.03. The summed E-state index contributed by atoms with van der Waals surface area (Å²) >= 11 is 0. The van der Waals surface area contributed by atoms with Gasteiger partial charge in [0.1, 0.15) is 11.5 Å². The third-order valence-electron chi connectivity index (χ3n) is 2.57. The molecule has 1 heterocycles. The van der Waals surface area contributed by atoms with Crippen molar-refractivity contribution >= 4 is 11.7 Å². The molecule has 1 aliphatic rings. The first-order valence-electron chi connectivity index (χ1n) is 5.01. The summed E-state index contributed by atoms with van der Waals surface area (Å²) in [4.78, 5) is 19.7. The van der Waals surface area contributed by atoms with Gasteiger partial charge in [-0.05, 0) is 12.3 Å². The Morgan fingerprint density at radius 1 is 1.47 bits per heavy atom. The molecular weight excluding hydrogens is 192 g/mol. The summed E-state index contributed by atoms with van der Waals surface area (Å²) in [5.41, 5.74) is 0.369. The van der Waals surface area contributed by atoms with E-state index < -0.39 is 0 Å². The molecule has 5 heteroatoms. The van der Waals surface area contributed by atoms with Crippen LogP contribution in [0.3, 0.4) is 0 Å². The second-order valence-corrected chi connectivity index (χ2v) is 3.83. The van der Waals surface area contributed by atoms with Crippen molar-refractivity contribution in [3.63, 3.8) is 0 Å². The van der Waals surface area contributed by atoms with Crippen molar-refractivity contribution in [1.29, 1.82) is 0 Å². The van der Waals surface area contributed by atoms with Gasteiger partial charge in [0, 0.05) is 13.1 Å². The smallest absolute Gasteiger partial charge is 0.271 e. The van der Waals surface area contributed by atoms with E-state index in [9.17, 15) is 4.79 Å². The van der Waals surface area contributed by atoms with Crippen molar-refractivity contribution in [2.24, 2.45) is 5.92 Å². The van der Waals surface area contributed by atoms with Crippen LogP contribution in [0.25, 0.3) is 0 Å². The lowest BCUT2D eigenvalue weighted by Crippen LogP contribution is -2.27. The van der Waals surface area contributed by atoms with E-state index >= 15 is 0 Å². The van der Waals surface area contributed by atoms with Crippen LogP contribution >= 0.6 is 0 Å². The highest BCUT2D eigenvalue weighted by atomic mass is 16.2. The highest BCUT2D eigenvalue weighted by molar-refractivity contribution is 5.92. The van der Waals surface area contributed by atoms with Crippen LogP contribution in [0, 0.1) is 5.92 Å². The maximum atomic E-state index is 11.6. The summed E-state index contributed by atoms with van der Waals surface area (Å²) in [6, 6.07) is 0.322. The third-order valence-corrected chi connectivity index (χ3v) is 2.57. The lowest BCUT2D eigenvalue weighted by molar-refractivity contribution is 0.0944. The van der Waals surface area contributed by atoms with E-state index in [1.165, 1.54) is 6.20 Å². The minimum atomic E-state index is -0.139. The van der Waals surface area contributed by atoms with E-state index in [2.05, 4.69) is 27.5 Å². The fourth-order valence-electron chi connectivity index (χ4n) is 1.34. The van der Waals surface area contributed by atoms with Crippen molar-refractivity contribution in [3.8, 4) is 0 Å². The Bertz CT molecular complexity index is 362. The van der Waals surface area contributed by atoms with Crippen molar-refractivity contribution in [2.45, 2.75) is 19.4 Å². The number of anilines is 1. The first-order chi connectivity index (χ1) is 7.20. The Labute approximate surface area is 88.3 Å².